The van der Waals surface area contributed by atoms with Gasteiger partial charge in [0.1, 0.15) is 5.82 Å². The summed E-state index contributed by atoms with van der Waals surface area (Å²) < 4.78 is 18.8. The largest absolute Gasteiger partial charge is 0.394 e. The molecule has 0 bridgehead atoms. The van der Waals surface area contributed by atoms with Gasteiger partial charge in [0.15, 0.2) is 0 Å². The first-order valence-electron chi connectivity index (χ1n) is 4.56. The fraction of sp³-hybridized carbons (Fsp3) is 0.400. The molecule has 0 amide bonds. The zero-order valence-electron chi connectivity index (χ0n) is 8.12. The Bertz CT molecular complexity index is 322. The SMILES string of the molecule is NCC(OCCO)c1ccc(F)cc1Br. The van der Waals surface area contributed by atoms with Crippen LogP contribution in [0, 0.1) is 5.82 Å². The molecule has 0 fully saturated rings. The summed E-state index contributed by atoms with van der Waals surface area (Å²) in [7, 11) is 0. The highest BCUT2D eigenvalue weighted by Crippen LogP contribution is 2.26. The van der Waals surface area contributed by atoms with E-state index in [-0.39, 0.29) is 31.7 Å². The number of hydrogen-bond donors (Lipinski definition) is 2. The van der Waals surface area contributed by atoms with E-state index >= 15 is 0 Å². The molecule has 0 saturated heterocycles. The molecule has 0 aliphatic carbocycles. The smallest absolute Gasteiger partial charge is 0.124 e. The van der Waals surface area contributed by atoms with Crippen molar-refractivity contribution in [3.05, 3.63) is 34.1 Å². The van der Waals surface area contributed by atoms with Crippen LogP contribution < -0.4 is 5.73 Å². The van der Waals surface area contributed by atoms with E-state index in [1.54, 1.807) is 6.07 Å². The van der Waals surface area contributed by atoms with Crippen LogP contribution in [0.4, 0.5) is 4.39 Å². The Kier molecular flexibility index (Phi) is 5.17. The molecule has 1 aromatic carbocycles. The summed E-state index contributed by atoms with van der Waals surface area (Å²) in [5.74, 6) is -0.316. The minimum atomic E-state index is -0.327. The molecule has 0 aliphatic heterocycles. The highest BCUT2D eigenvalue weighted by Gasteiger charge is 2.13. The molecule has 0 aromatic heterocycles. The van der Waals surface area contributed by atoms with Gasteiger partial charge in [-0.25, -0.2) is 4.39 Å². The highest BCUT2D eigenvalue weighted by molar-refractivity contribution is 9.10. The molecule has 0 aliphatic rings. The lowest BCUT2D eigenvalue weighted by atomic mass is 10.1. The minimum absolute atomic E-state index is 0.0602. The Hall–Kier alpha value is -0.490. The van der Waals surface area contributed by atoms with Crippen LogP contribution >= 0.6 is 15.9 Å². The molecule has 3 nitrogen and oxygen atoms in total. The van der Waals surface area contributed by atoms with E-state index in [1.165, 1.54) is 12.1 Å². The molecule has 0 spiro atoms. The number of aliphatic hydroxyl groups excluding tert-OH is 1. The number of hydrogen-bond acceptors (Lipinski definition) is 3. The van der Waals surface area contributed by atoms with Crippen LogP contribution in [-0.2, 0) is 4.74 Å². The topological polar surface area (TPSA) is 55.5 Å². The fourth-order valence-corrected chi connectivity index (χ4v) is 1.85. The summed E-state index contributed by atoms with van der Waals surface area (Å²) in [6.45, 7) is 0.436. The maximum Gasteiger partial charge on any atom is 0.124 e. The van der Waals surface area contributed by atoms with E-state index in [2.05, 4.69) is 15.9 Å². The lowest BCUT2D eigenvalue weighted by Gasteiger charge is -2.17. The molecular weight excluding hydrogens is 265 g/mol. The Balaban J connectivity index is 2.81. The van der Waals surface area contributed by atoms with E-state index in [4.69, 9.17) is 15.6 Å². The number of rotatable bonds is 5. The second-order valence-corrected chi connectivity index (χ2v) is 3.84. The lowest BCUT2D eigenvalue weighted by Crippen LogP contribution is -2.18. The zero-order chi connectivity index (χ0) is 11.3. The summed E-state index contributed by atoms with van der Waals surface area (Å²) in [5, 5.41) is 8.63. The number of halogens is 2. The van der Waals surface area contributed by atoms with Crippen molar-refractivity contribution >= 4 is 15.9 Å². The molecule has 0 radical (unpaired) electrons. The van der Waals surface area contributed by atoms with E-state index in [0.717, 1.165) is 5.56 Å². The van der Waals surface area contributed by atoms with Gasteiger partial charge < -0.3 is 15.6 Å². The van der Waals surface area contributed by atoms with Crippen molar-refractivity contribution in [2.24, 2.45) is 5.73 Å². The van der Waals surface area contributed by atoms with Crippen molar-refractivity contribution in [1.29, 1.82) is 0 Å². The fourth-order valence-electron chi connectivity index (χ4n) is 1.24. The van der Waals surface area contributed by atoms with Gasteiger partial charge >= 0.3 is 0 Å². The van der Waals surface area contributed by atoms with Crippen molar-refractivity contribution < 1.29 is 14.2 Å². The molecule has 1 unspecified atom stereocenters. The number of ether oxygens (including phenoxy) is 1. The minimum Gasteiger partial charge on any atom is -0.394 e. The standard InChI is InChI=1S/C10H13BrFNO2/c11-9-5-7(12)1-2-8(9)10(6-13)15-4-3-14/h1-2,5,10,14H,3-4,6,13H2. The molecule has 1 atom stereocenters. The average molecular weight is 278 g/mol. The van der Waals surface area contributed by atoms with Crippen molar-refractivity contribution in [1.82, 2.24) is 0 Å². The van der Waals surface area contributed by atoms with E-state index in [9.17, 15) is 4.39 Å². The summed E-state index contributed by atoms with van der Waals surface area (Å²) in [6.07, 6.45) is -0.327. The summed E-state index contributed by atoms with van der Waals surface area (Å²) in [6, 6.07) is 4.33. The van der Waals surface area contributed by atoms with Gasteiger partial charge in [0.25, 0.3) is 0 Å². The monoisotopic (exact) mass is 277 g/mol. The normalized spacial score (nSPS) is 12.8. The van der Waals surface area contributed by atoms with Crippen molar-refractivity contribution in [3.8, 4) is 0 Å². The number of aliphatic hydroxyl groups is 1. The van der Waals surface area contributed by atoms with Crippen LogP contribution in [-0.4, -0.2) is 24.9 Å². The zero-order valence-corrected chi connectivity index (χ0v) is 9.71. The predicted molar refractivity (Wildman–Crippen MR) is 58.9 cm³/mol. The number of nitrogens with two attached hydrogens (primary N) is 1. The molecule has 15 heavy (non-hydrogen) atoms. The maximum absolute atomic E-state index is 12.8. The quantitative estimate of drug-likeness (QED) is 0.860. The number of benzene rings is 1. The molecule has 0 heterocycles. The van der Waals surface area contributed by atoms with Gasteiger partial charge in [-0.15, -0.1) is 0 Å². The second-order valence-electron chi connectivity index (χ2n) is 2.98. The van der Waals surface area contributed by atoms with Gasteiger partial charge in [-0.05, 0) is 17.7 Å². The highest BCUT2D eigenvalue weighted by atomic mass is 79.9. The van der Waals surface area contributed by atoms with Crippen LogP contribution in [0.25, 0.3) is 0 Å². The van der Waals surface area contributed by atoms with Crippen LogP contribution in [0.2, 0.25) is 0 Å². The summed E-state index contributed by atoms with van der Waals surface area (Å²) in [5.41, 5.74) is 6.32. The molecule has 0 saturated carbocycles. The first-order chi connectivity index (χ1) is 7.19. The molecule has 84 valence electrons. The predicted octanol–water partition coefficient (Wildman–Crippen LogP) is 1.60. The average Bonchev–Trinajstić information content (AvgIpc) is 2.21. The van der Waals surface area contributed by atoms with Crippen molar-refractivity contribution in [2.75, 3.05) is 19.8 Å². The van der Waals surface area contributed by atoms with Gasteiger partial charge in [-0.3, -0.25) is 0 Å². The molecule has 1 aromatic rings. The van der Waals surface area contributed by atoms with Crippen LogP contribution in [0.1, 0.15) is 11.7 Å². The summed E-state index contributed by atoms with van der Waals surface area (Å²) in [4.78, 5) is 0. The molecular formula is C10H13BrFNO2. The van der Waals surface area contributed by atoms with Gasteiger partial charge in [-0.2, -0.15) is 0 Å². The van der Waals surface area contributed by atoms with Crippen molar-refractivity contribution in [2.45, 2.75) is 6.10 Å². The Labute approximate surface area is 96.2 Å². The van der Waals surface area contributed by atoms with Crippen LogP contribution in [0.3, 0.4) is 0 Å². The van der Waals surface area contributed by atoms with Gasteiger partial charge in [0, 0.05) is 11.0 Å². The first-order valence-corrected chi connectivity index (χ1v) is 5.35. The Morgan fingerprint density at radius 1 is 1.53 bits per heavy atom. The van der Waals surface area contributed by atoms with Crippen LogP contribution in [0.15, 0.2) is 22.7 Å². The van der Waals surface area contributed by atoms with Gasteiger partial charge in [-0.1, -0.05) is 22.0 Å². The van der Waals surface area contributed by atoms with Gasteiger partial charge in [0.2, 0.25) is 0 Å². The Morgan fingerprint density at radius 2 is 2.27 bits per heavy atom. The third-order valence-corrected chi connectivity index (χ3v) is 2.62. The third kappa shape index (κ3) is 3.53. The second kappa shape index (κ2) is 6.17. The molecule has 5 heteroatoms. The van der Waals surface area contributed by atoms with Crippen molar-refractivity contribution in [3.63, 3.8) is 0 Å². The molecule has 1 rings (SSSR count). The van der Waals surface area contributed by atoms with E-state index < -0.39 is 0 Å². The maximum atomic E-state index is 12.8. The van der Waals surface area contributed by atoms with E-state index in [0.29, 0.717) is 4.47 Å². The molecule has 3 N–H and O–H groups in total. The van der Waals surface area contributed by atoms with E-state index in [1.807, 2.05) is 0 Å². The Morgan fingerprint density at radius 3 is 2.80 bits per heavy atom. The lowest BCUT2D eigenvalue weighted by molar-refractivity contribution is 0.0324. The van der Waals surface area contributed by atoms with Crippen LogP contribution in [0.5, 0.6) is 0 Å². The first kappa shape index (κ1) is 12.6. The third-order valence-electron chi connectivity index (χ3n) is 1.93. The summed E-state index contributed by atoms with van der Waals surface area (Å²) >= 11 is 3.24. The van der Waals surface area contributed by atoms with Gasteiger partial charge in [0.05, 0.1) is 19.3 Å².